The van der Waals surface area contributed by atoms with Gasteiger partial charge in [-0.05, 0) is 52.8 Å². The molecule has 1 aliphatic heterocycles. The van der Waals surface area contributed by atoms with E-state index in [4.69, 9.17) is 4.74 Å². The van der Waals surface area contributed by atoms with Crippen molar-refractivity contribution < 1.29 is 4.74 Å². The van der Waals surface area contributed by atoms with Crippen molar-refractivity contribution in [1.82, 2.24) is 0 Å². The number of fused-ring (bicyclic) bond motifs is 1. The molecule has 1 atom stereocenters. The summed E-state index contributed by atoms with van der Waals surface area (Å²) >= 11 is 3.56. The Balaban J connectivity index is 2.44. The van der Waals surface area contributed by atoms with Crippen molar-refractivity contribution >= 4 is 27.3 Å². The van der Waals surface area contributed by atoms with Gasteiger partial charge in [0.25, 0.3) is 0 Å². The minimum absolute atomic E-state index is 0.0187. The van der Waals surface area contributed by atoms with E-state index in [9.17, 15) is 0 Å². The molecule has 0 aromatic heterocycles. The molecular weight excluding hydrogens is 304 g/mol. The number of ether oxygens (including phenoxy) is 1. The molecule has 1 aromatic carbocycles. The van der Waals surface area contributed by atoms with Crippen LogP contribution in [0.25, 0.3) is 0 Å². The van der Waals surface area contributed by atoms with Crippen molar-refractivity contribution in [3.8, 4) is 0 Å². The quantitative estimate of drug-likeness (QED) is 0.899. The fraction of sp³-hybridized carbons (Fsp3) is 0.600. The first-order chi connectivity index (χ1) is 8.78. The number of nitrogens with zero attached hydrogens (tertiary/aromatic N) is 1. The molecule has 1 unspecified atom stereocenters. The first kappa shape index (κ1) is 14.7. The second-order valence-electron chi connectivity index (χ2n) is 6.20. The van der Waals surface area contributed by atoms with Crippen LogP contribution in [0.4, 0.5) is 11.4 Å². The molecule has 0 saturated carbocycles. The van der Waals surface area contributed by atoms with E-state index in [1.807, 2.05) is 6.92 Å². The average molecular weight is 327 g/mol. The Morgan fingerprint density at radius 3 is 2.63 bits per heavy atom. The highest BCUT2D eigenvalue weighted by Crippen LogP contribution is 2.45. The summed E-state index contributed by atoms with van der Waals surface area (Å²) in [5.74, 6) is 0. The van der Waals surface area contributed by atoms with Gasteiger partial charge >= 0.3 is 0 Å². The van der Waals surface area contributed by atoms with Gasteiger partial charge in [-0.25, -0.2) is 0 Å². The Morgan fingerprint density at radius 2 is 2.05 bits per heavy atom. The zero-order valence-corrected chi connectivity index (χ0v) is 14.0. The van der Waals surface area contributed by atoms with Gasteiger partial charge in [-0.2, -0.15) is 0 Å². The molecule has 4 heteroatoms. The predicted molar refractivity (Wildman–Crippen MR) is 84.9 cm³/mol. The van der Waals surface area contributed by atoms with Crippen molar-refractivity contribution in [2.45, 2.75) is 45.8 Å². The Labute approximate surface area is 124 Å². The molecule has 0 aliphatic carbocycles. The van der Waals surface area contributed by atoms with Gasteiger partial charge in [0.05, 0.1) is 18.0 Å². The zero-order valence-electron chi connectivity index (χ0n) is 12.4. The summed E-state index contributed by atoms with van der Waals surface area (Å²) in [5.41, 5.74) is 2.20. The van der Waals surface area contributed by atoms with Crippen molar-refractivity contribution in [2.75, 3.05) is 23.4 Å². The van der Waals surface area contributed by atoms with Crippen molar-refractivity contribution in [1.29, 1.82) is 0 Å². The highest BCUT2D eigenvalue weighted by molar-refractivity contribution is 9.10. The minimum atomic E-state index is -0.211. The third-order valence-electron chi connectivity index (χ3n) is 3.36. The summed E-state index contributed by atoms with van der Waals surface area (Å²) in [5, 5.41) is 3.61. The van der Waals surface area contributed by atoms with E-state index in [1.165, 1.54) is 11.4 Å². The Morgan fingerprint density at radius 1 is 1.37 bits per heavy atom. The molecule has 1 aromatic rings. The van der Waals surface area contributed by atoms with E-state index >= 15 is 0 Å². The molecular formula is C15H23BrN2O. The molecule has 0 radical (unpaired) electrons. The number of anilines is 2. The molecule has 0 fully saturated rings. The minimum Gasteiger partial charge on any atom is -0.377 e. The van der Waals surface area contributed by atoms with Crippen molar-refractivity contribution in [3.63, 3.8) is 0 Å². The summed E-state index contributed by atoms with van der Waals surface area (Å²) in [7, 11) is 0. The zero-order chi connectivity index (χ0) is 14.3. The van der Waals surface area contributed by atoms with Crippen molar-refractivity contribution in [2.24, 2.45) is 0 Å². The first-order valence-electron chi connectivity index (χ1n) is 6.74. The number of rotatable bonds is 3. The lowest BCUT2D eigenvalue weighted by Gasteiger charge is -2.45. The van der Waals surface area contributed by atoms with E-state index in [2.05, 4.69) is 72.0 Å². The van der Waals surface area contributed by atoms with Gasteiger partial charge in [0.15, 0.2) is 0 Å². The highest BCUT2D eigenvalue weighted by Gasteiger charge is 2.44. The monoisotopic (exact) mass is 326 g/mol. The number of hydrogen-bond donors (Lipinski definition) is 1. The molecule has 0 saturated heterocycles. The number of benzene rings is 1. The van der Waals surface area contributed by atoms with Gasteiger partial charge < -0.3 is 15.0 Å². The summed E-state index contributed by atoms with van der Waals surface area (Å²) in [4.78, 5) is 2.41. The molecule has 0 bridgehead atoms. The van der Waals surface area contributed by atoms with Gasteiger partial charge in [-0.3, -0.25) is 0 Å². The van der Waals surface area contributed by atoms with Crippen LogP contribution < -0.4 is 10.2 Å². The van der Waals surface area contributed by atoms with Crippen LogP contribution in [0.15, 0.2) is 22.7 Å². The highest BCUT2D eigenvalue weighted by atomic mass is 79.9. The van der Waals surface area contributed by atoms with Crippen LogP contribution in [0.1, 0.15) is 34.6 Å². The lowest BCUT2D eigenvalue weighted by atomic mass is 10.0. The summed E-state index contributed by atoms with van der Waals surface area (Å²) in [6.45, 7) is 12.3. The molecule has 106 valence electrons. The molecule has 1 heterocycles. The summed E-state index contributed by atoms with van der Waals surface area (Å²) in [6.07, 6.45) is 0. The van der Waals surface area contributed by atoms with Crippen molar-refractivity contribution in [3.05, 3.63) is 22.7 Å². The molecule has 0 amide bonds. The Hall–Kier alpha value is -0.740. The predicted octanol–water partition coefficient (Wildman–Crippen LogP) is 4.23. The second kappa shape index (κ2) is 4.98. The number of hydrogen-bond acceptors (Lipinski definition) is 3. The Kier molecular flexibility index (Phi) is 3.85. The third kappa shape index (κ3) is 2.75. The molecule has 19 heavy (non-hydrogen) atoms. The maximum atomic E-state index is 5.69. The lowest BCUT2D eigenvalue weighted by Crippen LogP contribution is -2.59. The molecule has 2 rings (SSSR count). The molecule has 1 N–H and O–H groups in total. The van der Waals surface area contributed by atoms with Gasteiger partial charge in [0.1, 0.15) is 5.66 Å². The fourth-order valence-corrected chi connectivity index (χ4v) is 3.26. The standard InChI is InChI=1S/C15H23BrN2O/c1-6-19-10-15(5)17-12-8-7-11(16)9-13(12)18(15)14(2,3)4/h7-9,17H,6,10H2,1-5H3. The number of nitrogens with one attached hydrogen (secondary N) is 1. The van der Waals surface area contributed by atoms with Crippen LogP contribution >= 0.6 is 15.9 Å². The number of halogens is 1. The van der Waals surface area contributed by atoms with Crippen LogP contribution in [0.5, 0.6) is 0 Å². The van der Waals surface area contributed by atoms with E-state index in [-0.39, 0.29) is 11.2 Å². The summed E-state index contributed by atoms with van der Waals surface area (Å²) < 4.78 is 6.79. The Bertz CT molecular complexity index is 470. The van der Waals surface area contributed by atoms with E-state index in [0.717, 1.165) is 11.1 Å². The maximum absolute atomic E-state index is 5.69. The maximum Gasteiger partial charge on any atom is 0.132 e. The average Bonchev–Trinajstić information content (AvgIpc) is 2.58. The lowest BCUT2D eigenvalue weighted by molar-refractivity contribution is 0.102. The van der Waals surface area contributed by atoms with Crippen LogP contribution in [-0.2, 0) is 4.74 Å². The van der Waals surface area contributed by atoms with E-state index in [0.29, 0.717) is 6.61 Å². The van der Waals surface area contributed by atoms with E-state index in [1.54, 1.807) is 0 Å². The normalized spacial score (nSPS) is 22.3. The van der Waals surface area contributed by atoms with Gasteiger partial charge in [-0.15, -0.1) is 0 Å². The van der Waals surface area contributed by atoms with Crippen LogP contribution in [0, 0.1) is 0 Å². The van der Waals surface area contributed by atoms with E-state index < -0.39 is 0 Å². The molecule has 0 spiro atoms. The third-order valence-corrected chi connectivity index (χ3v) is 3.85. The van der Waals surface area contributed by atoms with Gasteiger partial charge in [0.2, 0.25) is 0 Å². The van der Waals surface area contributed by atoms with Gasteiger partial charge in [0, 0.05) is 16.6 Å². The van der Waals surface area contributed by atoms with Crippen LogP contribution in [0.2, 0.25) is 0 Å². The largest absolute Gasteiger partial charge is 0.377 e. The fourth-order valence-electron chi connectivity index (χ4n) is 2.91. The topological polar surface area (TPSA) is 24.5 Å². The first-order valence-corrected chi connectivity index (χ1v) is 7.53. The molecule has 1 aliphatic rings. The summed E-state index contributed by atoms with van der Waals surface area (Å²) in [6, 6.07) is 6.36. The van der Waals surface area contributed by atoms with Crippen LogP contribution in [-0.4, -0.2) is 24.4 Å². The smallest absolute Gasteiger partial charge is 0.132 e. The van der Waals surface area contributed by atoms with Crippen LogP contribution in [0.3, 0.4) is 0 Å². The SMILES string of the molecule is CCOCC1(C)Nc2ccc(Br)cc2N1C(C)(C)C. The second-order valence-corrected chi connectivity index (χ2v) is 7.12. The van der Waals surface area contributed by atoms with Gasteiger partial charge in [-0.1, -0.05) is 15.9 Å². The molecule has 3 nitrogen and oxygen atoms in total.